The van der Waals surface area contributed by atoms with Crippen LogP contribution in [0.15, 0.2) is 47.5 Å². The Hall–Kier alpha value is -2.31. The fraction of sp³-hybridized carbons (Fsp3) is 0.409. The summed E-state index contributed by atoms with van der Waals surface area (Å²) in [5.74, 6) is 0.407. The Morgan fingerprint density at radius 1 is 1.21 bits per heavy atom. The minimum Gasteiger partial charge on any atom is -0.393 e. The van der Waals surface area contributed by atoms with Crippen molar-refractivity contribution >= 4 is 23.2 Å². The summed E-state index contributed by atoms with van der Waals surface area (Å²) in [6.07, 6.45) is 1.08. The molecule has 1 aliphatic rings. The Morgan fingerprint density at radius 2 is 1.97 bits per heavy atom. The molecule has 0 spiro atoms. The number of benzene rings is 2. The number of nitrogens with one attached hydrogen (secondary N) is 2. The Morgan fingerprint density at radius 3 is 2.66 bits per heavy atom. The summed E-state index contributed by atoms with van der Waals surface area (Å²) in [5.41, 5.74) is 2.38. The highest BCUT2D eigenvalue weighted by molar-refractivity contribution is 6.31. The van der Waals surface area contributed by atoms with Gasteiger partial charge in [0.25, 0.3) is 0 Å². The molecule has 0 radical (unpaired) electrons. The summed E-state index contributed by atoms with van der Waals surface area (Å²) in [4.78, 5) is 6.55. The molecule has 2 aromatic carbocycles. The molecule has 0 saturated carbocycles. The van der Waals surface area contributed by atoms with E-state index in [-0.39, 0.29) is 11.9 Å². The topological polar surface area (TPSA) is 59.9 Å². The van der Waals surface area contributed by atoms with Gasteiger partial charge in [0.1, 0.15) is 5.82 Å². The number of aliphatic hydroxyl groups is 1. The third kappa shape index (κ3) is 6.08. The highest BCUT2D eigenvalue weighted by Gasteiger charge is 2.19. The first-order chi connectivity index (χ1) is 14.1. The van der Waals surface area contributed by atoms with E-state index >= 15 is 0 Å². The Balaban J connectivity index is 1.62. The van der Waals surface area contributed by atoms with E-state index in [1.54, 1.807) is 6.07 Å². The number of aliphatic hydroxyl groups excluding tert-OH is 1. The molecule has 3 N–H and O–H groups in total. The maximum atomic E-state index is 14.6. The maximum absolute atomic E-state index is 14.6. The first-order valence-corrected chi connectivity index (χ1v) is 10.4. The molecule has 29 heavy (non-hydrogen) atoms. The van der Waals surface area contributed by atoms with E-state index in [1.165, 1.54) is 0 Å². The number of rotatable bonds is 6. The van der Waals surface area contributed by atoms with E-state index in [4.69, 9.17) is 11.6 Å². The normalized spacial score (nSPS) is 15.4. The van der Waals surface area contributed by atoms with Crippen molar-refractivity contribution in [2.45, 2.75) is 39.0 Å². The number of nitrogens with zero attached hydrogens (tertiary/aromatic N) is 2. The zero-order chi connectivity index (χ0) is 20.6. The molecule has 1 heterocycles. The third-order valence-corrected chi connectivity index (χ3v) is 5.35. The standard InChI is InChI=1S/C22H28ClFN4O/c1-2-25-22(27-15-17-5-3-4-6-19(17)23)26-14-16-7-8-21(20(24)13-16)28-11-9-18(29)10-12-28/h3-8,13,18,29H,2,9-12,14-15H2,1H3,(H2,25,26,27). The van der Waals surface area contributed by atoms with E-state index in [2.05, 4.69) is 15.6 Å². The predicted octanol–water partition coefficient (Wildman–Crippen LogP) is 3.70. The fourth-order valence-corrected chi connectivity index (χ4v) is 3.55. The van der Waals surface area contributed by atoms with Crippen LogP contribution in [0.3, 0.4) is 0 Å². The van der Waals surface area contributed by atoms with Gasteiger partial charge >= 0.3 is 0 Å². The summed E-state index contributed by atoms with van der Waals surface area (Å²) in [7, 11) is 0. The van der Waals surface area contributed by atoms with Crippen molar-refractivity contribution in [1.29, 1.82) is 0 Å². The number of piperidine rings is 1. The van der Waals surface area contributed by atoms with Gasteiger partial charge in [-0.15, -0.1) is 0 Å². The van der Waals surface area contributed by atoms with Crippen molar-refractivity contribution in [3.63, 3.8) is 0 Å². The molecule has 0 atom stereocenters. The molecule has 5 nitrogen and oxygen atoms in total. The Kier molecular flexibility index (Phi) is 7.72. The molecular weight excluding hydrogens is 391 g/mol. The largest absolute Gasteiger partial charge is 0.393 e. The summed E-state index contributed by atoms with van der Waals surface area (Å²) >= 11 is 6.20. The van der Waals surface area contributed by atoms with Gasteiger partial charge < -0.3 is 20.6 Å². The highest BCUT2D eigenvalue weighted by atomic mass is 35.5. The fourth-order valence-electron chi connectivity index (χ4n) is 3.34. The zero-order valence-electron chi connectivity index (χ0n) is 16.7. The van der Waals surface area contributed by atoms with Crippen molar-refractivity contribution < 1.29 is 9.50 Å². The van der Waals surface area contributed by atoms with Gasteiger partial charge in [0.15, 0.2) is 5.96 Å². The van der Waals surface area contributed by atoms with E-state index in [0.717, 1.165) is 17.7 Å². The van der Waals surface area contributed by atoms with Crippen LogP contribution in [0.1, 0.15) is 30.9 Å². The lowest BCUT2D eigenvalue weighted by atomic mass is 10.1. The molecule has 2 aromatic rings. The number of halogens is 2. The molecule has 0 aliphatic carbocycles. The Bertz CT molecular complexity index is 837. The van der Waals surface area contributed by atoms with Crippen LogP contribution in [-0.4, -0.2) is 36.8 Å². The molecule has 0 unspecified atom stereocenters. The SMILES string of the molecule is CCNC(=NCc1ccc(N2CCC(O)CC2)c(F)c1)NCc1ccccc1Cl. The minimum absolute atomic E-state index is 0.247. The molecule has 1 fully saturated rings. The number of hydrogen-bond acceptors (Lipinski definition) is 3. The highest BCUT2D eigenvalue weighted by Crippen LogP contribution is 2.24. The first kappa shape index (κ1) is 21.4. The van der Waals surface area contributed by atoms with E-state index in [9.17, 15) is 9.50 Å². The summed E-state index contributed by atoms with van der Waals surface area (Å²) in [6.45, 7) is 4.99. The number of guanidine groups is 1. The molecule has 1 aliphatic heterocycles. The second kappa shape index (κ2) is 10.5. The number of anilines is 1. The quantitative estimate of drug-likeness (QED) is 0.494. The summed E-state index contributed by atoms with van der Waals surface area (Å²) in [6, 6.07) is 12.9. The van der Waals surface area contributed by atoms with Crippen LogP contribution in [0.4, 0.5) is 10.1 Å². The van der Waals surface area contributed by atoms with Crippen LogP contribution < -0.4 is 15.5 Å². The number of aliphatic imine (C=N–C) groups is 1. The van der Waals surface area contributed by atoms with Gasteiger partial charge in [-0.25, -0.2) is 9.38 Å². The monoisotopic (exact) mass is 418 g/mol. The van der Waals surface area contributed by atoms with Crippen molar-refractivity contribution in [2.75, 3.05) is 24.5 Å². The lowest BCUT2D eigenvalue weighted by molar-refractivity contribution is 0.145. The second-order valence-corrected chi connectivity index (χ2v) is 7.55. The van der Waals surface area contributed by atoms with Crippen LogP contribution in [0.25, 0.3) is 0 Å². The minimum atomic E-state index is -0.273. The smallest absolute Gasteiger partial charge is 0.191 e. The molecule has 0 aromatic heterocycles. The Labute approximate surface area is 176 Å². The van der Waals surface area contributed by atoms with Crippen LogP contribution in [0, 0.1) is 5.82 Å². The van der Waals surface area contributed by atoms with Crippen molar-refractivity contribution in [1.82, 2.24) is 10.6 Å². The zero-order valence-corrected chi connectivity index (χ0v) is 17.4. The van der Waals surface area contributed by atoms with E-state index < -0.39 is 0 Å². The van der Waals surface area contributed by atoms with Gasteiger partial charge in [0, 0.05) is 31.2 Å². The molecule has 1 saturated heterocycles. The molecule has 0 amide bonds. The van der Waals surface area contributed by atoms with Crippen molar-refractivity contribution in [3.8, 4) is 0 Å². The molecule has 7 heteroatoms. The summed E-state index contributed by atoms with van der Waals surface area (Å²) < 4.78 is 14.6. The van der Waals surface area contributed by atoms with Crippen molar-refractivity contribution in [3.05, 3.63) is 64.4 Å². The average Bonchev–Trinajstić information content (AvgIpc) is 2.72. The van der Waals surface area contributed by atoms with E-state index in [0.29, 0.717) is 55.7 Å². The van der Waals surface area contributed by atoms with Crippen LogP contribution in [-0.2, 0) is 13.1 Å². The van der Waals surface area contributed by atoms with Crippen LogP contribution in [0.2, 0.25) is 5.02 Å². The third-order valence-electron chi connectivity index (χ3n) is 4.99. The van der Waals surface area contributed by atoms with Gasteiger partial charge in [-0.05, 0) is 49.1 Å². The average molecular weight is 419 g/mol. The number of hydrogen-bond donors (Lipinski definition) is 3. The van der Waals surface area contributed by atoms with Crippen LogP contribution in [0.5, 0.6) is 0 Å². The second-order valence-electron chi connectivity index (χ2n) is 7.14. The first-order valence-electron chi connectivity index (χ1n) is 10.0. The van der Waals surface area contributed by atoms with E-state index in [1.807, 2.05) is 48.2 Å². The van der Waals surface area contributed by atoms with Crippen molar-refractivity contribution in [2.24, 2.45) is 4.99 Å². The lowest BCUT2D eigenvalue weighted by Gasteiger charge is -2.31. The molecular formula is C22H28ClFN4O. The maximum Gasteiger partial charge on any atom is 0.191 e. The van der Waals surface area contributed by atoms with Gasteiger partial charge in [-0.3, -0.25) is 0 Å². The summed E-state index contributed by atoms with van der Waals surface area (Å²) in [5, 5.41) is 16.8. The van der Waals surface area contributed by atoms with Gasteiger partial charge in [0.05, 0.1) is 18.3 Å². The van der Waals surface area contributed by atoms with Gasteiger partial charge in [-0.2, -0.15) is 0 Å². The van der Waals surface area contributed by atoms with Gasteiger partial charge in [-0.1, -0.05) is 35.9 Å². The predicted molar refractivity (Wildman–Crippen MR) is 117 cm³/mol. The molecule has 156 valence electrons. The lowest BCUT2D eigenvalue weighted by Crippen LogP contribution is -2.37. The molecule has 3 rings (SSSR count). The van der Waals surface area contributed by atoms with Gasteiger partial charge in [0.2, 0.25) is 0 Å². The molecule has 0 bridgehead atoms. The van der Waals surface area contributed by atoms with Crippen LogP contribution >= 0.6 is 11.6 Å².